The topological polar surface area (TPSA) is 50.4 Å². The van der Waals surface area contributed by atoms with Crippen LogP contribution in [0.4, 0.5) is 5.69 Å². The van der Waals surface area contributed by atoms with Gasteiger partial charge in [-0.05, 0) is 42.5 Å². The van der Waals surface area contributed by atoms with Crippen molar-refractivity contribution >= 4 is 47.4 Å². The van der Waals surface area contributed by atoms with Crippen molar-refractivity contribution < 1.29 is 0 Å². The first kappa shape index (κ1) is 17.6. The first-order valence-electron chi connectivity index (χ1n) is 5.91. The SMILES string of the molecule is CCc1cccc(NC(N)=NCCCSC)c1.I. The molecule has 0 unspecified atom stereocenters. The molecule has 0 radical (unpaired) electrons. The van der Waals surface area contributed by atoms with Crippen molar-refractivity contribution in [3.63, 3.8) is 0 Å². The van der Waals surface area contributed by atoms with E-state index >= 15 is 0 Å². The van der Waals surface area contributed by atoms with Crippen LogP contribution >= 0.6 is 35.7 Å². The van der Waals surface area contributed by atoms with Crippen LogP contribution in [0.3, 0.4) is 0 Å². The third-order valence-corrected chi connectivity index (χ3v) is 3.09. The summed E-state index contributed by atoms with van der Waals surface area (Å²) in [7, 11) is 0. The summed E-state index contributed by atoms with van der Waals surface area (Å²) < 4.78 is 0. The van der Waals surface area contributed by atoms with Gasteiger partial charge in [0.15, 0.2) is 5.96 Å². The summed E-state index contributed by atoms with van der Waals surface area (Å²) in [6, 6.07) is 8.24. The molecule has 3 N–H and O–H groups in total. The predicted octanol–water partition coefficient (Wildman–Crippen LogP) is 3.35. The van der Waals surface area contributed by atoms with Gasteiger partial charge in [0, 0.05) is 12.2 Å². The van der Waals surface area contributed by atoms with Crippen LogP contribution in [0.15, 0.2) is 29.3 Å². The van der Waals surface area contributed by atoms with Crippen LogP contribution in [0.1, 0.15) is 18.9 Å². The maximum absolute atomic E-state index is 5.81. The van der Waals surface area contributed by atoms with Crippen LogP contribution in [0.25, 0.3) is 0 Å². The molecule has 1 rings (SSSR count). The van der Waals surface area contributed by atoms with E-state index in [0.29, 0.717) is 5.96 Å². The molecule has 3 nitrogen and oxygen atoms in total. The third-order valence-electron chi connectivity index (χ3n) is 2.40. The highest BCUT2D eigenvalue weighted by Crippen LogP contribution is 2.10. The fourth-order valence-corrected chi connectivity index (χ4v) is 1.88. The zero-order valence-corrected chi connectivity index (χ0v) is 14.1. The van der Waals surface area contributed by atoms with Crippen LogP contribution in [0, 0.1) is 0 Å². The van der Waals surface area contributed by atoms with E-state index in [1.54, 1.807) is 0 Å². The van der Waals surface area contributed by atoms with Crippen molar-refractivity contribution in [1.82, 2.24) is 0 Å². The lowest BCUT2D eigenvalue weighted by Crippen LogP contribution is -2.22. The Hall–Kier alpha value is -0.430. The molecule has 1 aromatic carbocycles. The van der Waals surface area contributed by atoms with Crippen LogP contribution in [0.5, 0.6) is 0 Å². The molecular formula is C13H22IN3S. The van der Waals surface area contributed by atoms with Gasteiger partial charge in [-0.3, -0.25) is 4.99 Å². The maximum Gasteiger partial charge on any atom is 0.193 e. The van der Waals surface area contributed by atoms with E-state index < -0.39 is 0 Å². The minimum Gasteiger partial charge on any atom is -0.370 e. The second-order valence-corrected chi connectivity index (χ2v) is 4.78. The molecule has 5 heteroatoms. The number of benzene rings is 1. The van der Waals surface area contributed by atoms with E-state index in [1.807, 2.05) is 23.9 Å². The summed E-state index contributed by atoms with van der Waals surface area (Å²) in [4.78, 5) is 4.28. The van der Waals surface area contributed by atoms with Crippen molar-refractivity contribution in [2.24, 2.45) is 10.7 Å². The molecule has 0 bridgehead atoms. The molecule has 0 aliphatic heterocycles. The highest BCUT2D eigenvalue weighted by atomic mass is 127. The van der Waals surface area contributed by atoms with E-state index in [2.05, 4.69) is 35.6 Å². The molecule has 0 saturated heterocycles. The van der Waals surface area contributed by atoms with Gasteiger partial charge in [0.2, 0.25) is 0 Å². The van der Waals surface area contributed by atoms with Crippen LogP contribution < -0.4 is 11.1 Å². The van der Waals surface area contributed by atoms with E-state index in [0.717, 1.165) is 30.8 Å². The Balaban J connectivity index is 0.00000289. The monoisotopic (exact) mass is 379 g/mol. The van der Waals surface area contributed by atoms with Crippen molar-refractivity contribution in [3.8, 4) is 0 Å². The summed E-state index contributed by atoms with van der Waals surface area (Å²) in [5, 5.41) is 3.11. The first-order valence-corrected chi connectivity index (χ1v) is 7.30. The number of hydrogen-bond donors (Lipinski definition) is 2. The second-order valence-electron chi connectivity index (χ2n) is 3.79. The molecule has 0 aromatic heterocycles. The fraction of sp³-hybridized carbons (Fsp3) is 0.462. The Morgan fingerprint density at radius 3 is 2.89 bits per heavy atom. The molecule has 0 amide bonds. The number of nitrogens with two attached hydrogens (primary N) is 1. The largest absolute Gasteiger partial charge is 0.370 e. The molecule has 0 atom stereocenters. The van der Waals surface area contributed by atoms with E-state index in [9.17, 15) is 0 Å². The van der Waals surface area contributed by atoms with Crippen LogP contribution in [-0.4, -0.2) is 24.5 Å². The van der Waals surface area contributed by atoms with Gasteiger partial charge in [-0.15, -0.1) is 24.0 Å². The van der Waals surface area contributed by atoms with Crippen molar-refractivity contribution in [3.05, 3.63) is 29.8 Å². The number of rotatable bonds is 6. The predicted molar refractivity (Wildman–Crippen MR) is 94.3 cm³/mol. The normalized spacial score (nSPS) is 10.9. The molecular weight excluding hydrogens is 357 g/mol. The number of hydrogen-bond acceptors (Lipinski definition) is 2. The number of halogens is 1. The molecule has 0 fully saturated rings. The molecule has 102 valence electrons. The minimum absolute atomic E-state index is 0. The zero-order valence-electron chi connectivity index (χ0n) is 11.0. The van der Waals surface area contributed by atoms with Crippen molar-refractivity contribution in [1.29, 1.82) is 0 Å². The van der Waals surface area contributed by atoms with Gasteiger partial charge in [-0.2, -0.15) is 11.8 Å². The number of aryl methyl sites for hydroxylation is 1. The lowest BCUT2D eigenvalue weighted by Gasteiger charge is -2.06. The first-order chi connectivity index (χ1) is 8.26. The summed E-state index contributed by atoms with van der Waals surface area (Å²) in [6.07, 6.45) is 4.19. The van der Waals surface area contributed by atoms with E-state index in [1.165, 1.54) is 5.56 Å². The third kappa shape index (κ3) is 7.10. The summed E-state index contributed by atoms with van der Waals surface area (Å²) >= 11 is 1.83. The summed E-state index contributed by atoms with van der Waals surface area (Å²) in [6.45, 7) is 2.92. The second kappa shape index (κ2) is 10.5. The van der Waals surface area contributed by atoms with E-state index in [-0.39, 0.29) is 24.0 Å². The number of nitrogens with zero attached hydrogens (tertiary/aromatic N) is 1. The zero-order chi connectivity index (χ0) is 12.5. The van der Waals surface area contributed by atoms with Gasteiger partial charge in [-0.1, -0.05) is 19.1 Å². The number of nitrogens with one attached hydrogen (secondary N) is 1. The minimum atomic E-state index is 0. The van der Waals surface area contributed by atoms with Gasteiger partial charge in [0.1, 0.15) is 0 Å². The smallest absolute Gasteiger partial charge is 0.193 e. The Morgan fingerprint density at radius 2 is 2.22 bits per heavy atom. The Bertz CT molecular complexity index is 369. The standard InChI is InChI=1S/C13H21N3S.HI/c1-3-11-6-4-7-12(10-11)16-13(14)15-8-5-9-17-2;/h4,6-7,10H,3,5,8-9H2,1-2H3,(H3,14,15,16);1H. The molecule has 0 spiro atoms. The Morgan fingerprint density at radius 1 is 1.44 bits per heavy atom. The maximum atomic E-state index is 5.81. The molecule has 18 heavy (non-hydrogen) atoms. The van der Waals surface area contributed by atoms with Crippen LogP contribution in [-0.2, 0) is 6.42 Å². The van der Waals surface area contributed by atoms with E-state index in [4.69, 9.17) is 5.73 Å². The van der Waals surface area contributed by atoms with Gasteiger partial charge in [-0.25, -0.2) is 0 Å². The Labute approximate surface area is 131 Å². The highest BCUT2D eigenvalue weighted by molar-refractivity contribution is 14.0. The molecule has 0 heterocycles. The number of aliphatic imine (C=N–C) groups is 1. The molecule has 0 aliphatic rings. The molecule has 1 aromatic rings. The number of thioether (sulfide) groups is 1. The summed E-state index contributed by atoms with van der Waals surface area (Å²) in [5.41, 5.74) is 8.12. The van der Waals surface area contributed by atoms with Crippen LogP contribution in [0.2, 0.25) is 0 Å². The van der Waals surface area contributed by atoms with Crippen molar-refractivity contribution in [2.45, 2.75) is 19.8 Å². The number of guanidine groups is 1. The van der Waals surface area contributed by atoms with Gasteiger partial charge in [0.05, 0.1) is 0 Å². The summed E-state index contributed by atoms with van der Waals surface area (Å²) in [5.74, 6) is 1.63. The van der Waals surface area contributed by atoms with Gasteiger partial charge < -0.3 is 11.1 Å². The molecule has 0 aliphatic carbocycles. The van der Waals surface area contributed by atoms with Gasteiger partial charge in [0.25, 0.3) is 0 Å². The highest BCUT2D eigenvalue weighted by Gasteiger charge is 1.96. The molecule has 0 saturated carbocycles. The lowest BCUT2D eigenvalue weighted by atomic mass is 10.1. The van der Waals surface area contributed by atoms with Gasteiger partial charge >= 0.3 is 0 Å². The number of anilines is 1. The average Bonchev–Trinajstić information content (AvgIpc) is 2.35. The lowest BCUT2D eigenvalue weighted by molar-refractivity contribution is 0.941. The van der Waals surface area contributed by atoms with Crippen molar-refractivity contribution in [2.75, 3.05) is 23.9 Å². The quantitative estimate of drug-likeness (QED) is 0.345. The Kier molecular flexibility index (Phi) is 10.2. The fourth-order valence-electron chi connectivity index (χ4n) is 1.46. The average molecular weight is 379 g/mol.